The molecule has 13 heavy (non-hydrogen) atoms. The molecule has 1 atom stereocenters. The minimum atomic E-state index is -3.93. The van der Waals surface area contributed by atoms with Gasteiger partial charge in [0.05, 0.1) is 0 Å². The first-order valence-electron chi connectivity index (χ1n) is 3.13. The van der Waals surface area contributed by atoms with Gasteiger partial charge in [-0.15, -0.1) is 0 Å². The van der Waals surface area contributed by atoms with Gasteiger partial charge in [0.2, 0.25) is 0 Å². The van der Waals surface area contributed by atoms with Crippen LogP contribution in [0.25, 0.3) is 0 Å². The van der Waals surface area contributed by atoms with Gasteiger partial charge in [-0.05, 0) is 22.9 Å². The molecule has 0 radical (unpaired) electrons. The summed E-state index contributed by atoms with van der Waals surface area (Å²) in [5.41, 5.74) is 0. The quantitative estimate of drug-likeness (QED) is 0.441. The van der Waals surface area contributed by atoms with E-state index >= 15 is 0 Å². The van der Waals surface area contributed by atoms with Crippen LogP contribution in [0.4, 0.5) is 13.2 Å². The molecule has 0 fully saturated rings. The smallest absolute Gasteiger partial charge is 0.366 e. The maximum atomic E-state index is 12.3. The maximum Gasteiger partial charge on any atom is 0.366 e. The molecule has 1 unspecified atom stereocenters. The summed E-state index contributed by atoms with van der Waals surface area (Å²) >= 11 is 1.67. The lowest BCUT2D eigenvalue weighted by Gasteiger charge is -2.13. The van der Waals surface area contributed by atoms with Crippen molar-refractivity contribution in [2.24, 2.45) is 0 Å². The number of hydrogen-bond acceptors (Lipinski definition) is 3. The highest BCUT2D eigenvalue weighted by atomic mass is 79.9. The molecule has 7 heteroatoms. The van der Waals surface area contributed by atoms with Crippen molar-refractivity contribution in [2.75, 3.05) is 0 Å². The fourth-order valence-corrected chi connectivity index (χ4v) is 0.521. The van der Waals surface area contributed by atoms with Crippen molar-refractivity contribution in [3.8, 4) is 0 Å². The average molecular weight is 263 g/mol. The van der Waals surface area contributed by atoms with Crippen LogP contribution in [0.15, 0.2) is 0 Å². The van der Waals surface area contributed by atoms with E-state index in [1.165, 1.54) is 0 Å². The van der Waals surface area contributed by atoms with Crippen molar-refractivity contribution in [3.05, 3.63) is 0 Å². The number of ketones is 1. The first-order chi connectivity index (χ1) is 5.73. The van der Waals surface area contributed by atoms with Gasteiger partial charge in [0.1, 0.15) is 12.2 Å². The van der Waals surface area contributed by atoms with Gasteiger partial charge in [0, 0.05) is 0 Å². The third kappa shape index (κ3) is 5.62. The number of carbonyl (C=O) groups excluding carboxylic acids is 2. The fourth-order valence-electron chi connectivity index (χ4n) is 0.427. The van der Waals surface area contributed by atoms with E-state index in [9.17, 15) is 22.8 Å². The summed E-state index contributed by atoms with van der Waals surface area (Å²) in [5.74, 6) is -1.91. The summed E-state index contributed by atoms with van der Waals surface area (Å²) in [7, 11) is 0. The van der Waals surface area contributed by atoms with E-state index in [2.05, 4.69) is 4.74 Å². The third-order valence-electron chi connectivity index (χ3n) is 0.886. The Morgan fingerprint density at radius 2 is 2.00 bits per heavy atom. The summed E-state index contributed by atoms with van der Waals surface area (Å²) in [6, 6.07) is 0. The van der Waals surface area contributed by atoms with E-state index in [0.29, 0.717) is 0 Å². The number of ether oxygens (including phenoxy) is 1. The minimum absolute atomic E-state index is 0.588. The summed E-state index contributed by atoms with van der Waals surface area (Å²) in [6.45, 7) is 1.06. The number of carbonyl (C=O) groups is 2. The van der Waals surface area contributed by atoms with Crippen LogP contribution in [0, 0.1) is 0 Å². The standard InChI is InChI=1S/C6H6BrF3O3/c1-3(11)2-4(12)13-5(8)6(7,9)10/h5H,2H2,1H3. The van der Waals surface area contributed by atoms with Crippen molar-refractivity contribution in [1.82, 2.24) is 0 Å². The molecule has 0 heterocycles. The molecule has 0 aliphatic rings. The van der Waals surface area contributed by atoms with Crippen molar-refractivity contribution in [3.63, 3.8) is 0 Å². The van der Waals surface area contributed by atoms with Gasteiger partial charge in [-0.25, -0.2) is 0 Å². The van der Waals surface area contributed by atoms with Crippen LogP contribution in [0.2, 0.25) is 0 Å². The van der Waals surface area contributed by atoms with Gasteiger partial charge in [0.25, 0.3) is 0 Å². The van der Waals surface area contributed by atoms with Crippen molar-refractivity contribution < 1.29 is 27.5 Å². The van der Waals surface area contributed by atoms with Crippen LogP contribution in [0.1, 0.15) is 13.3 Å². The molecule has 0 amide bonds. The molecular weight excluding hydrogens is 257 g/mol. The lowest BCUT2D eigenvalue weighted by molar-refractivity contribution is -0.179. The molecule has 0 spiro atoms. The zero-order chi connectivity index (χ0) is 10.6. The molecule has 0 aromatic rings. The molecule has 3 nitrogen and oxygen atoms in total. The monoisotopic (exact) mass is 262 g/mol. The Morgan fingerprint density at radius 1 is 1.54 bits per heavy atom. The van der Waals surface area contributed by atoms with E-state index < -0.39 is 29.4 Å². The molecule has 0 aromatic heterocycles. The van der Waals surface area contributed by atoms with Crippen LogP contribution in [-0.2, 0) is 14.3 Å². The Morgan fingerprint density at radius 3 is 2.31 bits per heavy atom. The zero-order valence-corrected chi connectivity index (χ0v) is 8.11. The highest BCUT2D eigenvalue weighted by Gasteiger charge is 2.40. The molecule has 76 valence electrons. The van der Waals surface area contributed by atoms with Crippen molar-refractivity contribution in [2.45, 2.75) is 24.5 Å². The first kappa shape index (κ1) is 12.4. The summed E-state index contributed by atoms with van der Waals surface area (Å²) in [6.07, 6.45) is -3.80. The van der Waals surface area contributed by atoms with Gasteiger partial charge in [-0.2, -0.15) is 13.2 Å². The molecule has 0 rings (SSSR count). The zero-order valence-electron chi connectivity index (χ0n) is 6.52. The fraction of sp³-hybridized carbons (Fsp3) is 0.667. The predicted molar refractivity (Wildman–Crippen MR) is 40.2 cm³/mol. The lowest BCUT2D eigenvalue weighted by Crippen LogP contribution is -2.28. The van der Waals surface area contributed by atoms with E-state index in [4.69, 9.17) is 0 Å². The molecule has 0 saturated heterocycles. The van der Waals surface area contributed by atoms with E-state index in [1.807, 2.05) is 0 Å². The number of Topliss-reactive ketones (excluding diaryl/α,β-unsaturated/α-hetero) is 1. The van der Waals surface area contributed by atoms with Crippen LogP contribution in [0.5, 0.6) is 0 Å². The highest BCUT2D eigenvalue weighted by molar-refractivity contribution is 9.10. The number of hydrogen-bond donors (Lipinski definition) is 0. The van der Waals surface area contributed by atoms with Gasteiger partial charge in [-0.3, -0.25) is 9.59 Å². The van der Waals surface area contributed by atoms with Crippen LogP contribution in [-0.4, -0.2) is 22.9 Å². The topological polar surface area (TPSA) is 43.4 Å². The number of esters is 1. The summed E-state index contributed by atoms with van der Waals surface area (Å²) in [5, 5.41) is 0. The van der Waals surface area contributed by atoms with Crippen LogP contribution >= 0.6 is 15.9 Å². The Balaban J connectivity index is 4.00. The molecule has 0 aliphatic heterocycles. The van der Waals surface area contributed by atoms with Gasteiger partial charge < -0.3 is 4.74 Å². The van der Waals surface area contributed by atoms with Gasteiger partial charge in [-0.1, -0.05) is 0 Å². The van der Waals surface area contributed by atoms with Crippen molar-refractivity contribution >= 4 is 27.7 Å². The predicted octanol–water partition coefficient (Wildman–Crippen LogP) is 1.79. The number of alkyl halides is 4. The Hall–Kier alpha value is -0.590. The van der Waals surface area contributed by atoms with E-state index in [-0.39, 0.29) is 0 Å². The summed E-state index contributed by atoms with van der Waals surface area (Å²) < 4.78 is 39.8. The van der Waals surface area contributed by atoms with Gasteiger partial charge in [0.15, 0.2) is 0 Å². The Bertz CT molecular complexity index is 214. The molecule has 0 bridgehead atoms. The SMILES string of the molecule is CC(=O)CC(=O)OC(F)C(F)(F)Br. The second-order valence-corrected chi connectivity index (χ2v) is 3.28. The molecule has 0 aliphatic carbocycles. The minimum Gasteiger partial charge on any atom is -0.423 e. The largest absolute Gasteiger partial charge is 0.423 e. The number of rotatable bonds is 4. The van der Waals surface area contributed by atoms with E-state index in [1.54, 1.807) is 15.9 Å². The Labute approximate surface area is 80.4 Å². The third-order valence-corrected chi connectivity index (χ3v) is 1.25. The number of halogens is 4. The molecule has 0 aromatic carbocycles. The highest BCUT2D eigenvalue weighted by Crippen LogP contribution is 2.29. The van der Waals surface area contributed by atoms with Gasteiger partial charge >= 0.3 is 17.2 Å². The Kier molecular flexibility index (Phi) is 4.38. The normalized spacial score (nSPS) is 13.6. The first-order valence-corrected chi connectivity index (χ1v) is 3.92. The lowest BCUT2D eigenvalue weighted by atomic mass is 10.3. The van der Waals surface area contributed by atoms with E-state index in [0.717, 1.165) is 6.92 Å². The summed E-state index contributed by atoms with van der Waals surface area (Å²) in [4.78, 5) is 16.8. The molecular formula is C6H6BrF3O3. The average Bonchev–Trinajstić information content (AvgIpc) is 1.82. The maximum absolute atomic E-state index is 12.3. The molecule has 0 N–H and O–H groups in total. The molecule has 0 saturated carbocycles. The second-order valence-electron chi connectivity index (χ2n) is 2.23. The van der Waals surface area contributed by atoms with Crippen molar-refractivity contribution in [1.29, 1.82) is 0 Å². The second kappa shape index (κ2) is 4.59. The van der Waals surface area contributed by atoms with Crippen LogP contribution < -0.4 is 0 Å². The van der Waals surface area contributed by atoms with Crippen LogP contribution in [0.3, 0.4) is 0 Å².